The van der Waals surface area contributed by atoms with E-state index in [9.17, 15) is 23.1 Å². The summed E-state index contributed by atoms with van der Waals surface area (Å²) in [6.07, 6.45) is 6.20. The predicted molar refractivity (Wildman–Crippen MR) is 105 cm³/mol. The Morgan fingerprint density at radius 3 is 2.36 bits per heavy atom. The Morgan fingerprint density at radius 2 is 1.75 bits per heavy atom. The van der Waals surface area contributed by atoms with E-state index in [-0.39, 0.29) is 10.8 Å². The van der Waals surface area contributed by atoms with E-state index < -0.39 is 27.8 Å². The molecule has 2 N–H and O–H groups in total. The summed E-state index contributed by atoms with van der Waals surface area (Å²) in [6.45, 7) is 3.09. The first-order chi connectivity index (χ1) is 13.3. The number of hydrogen-bond donors (Lipinski definition) is 2. The van der Waals surface area contributed by atoms with Crippen LogP contribution in [0.3, 0.4) is 0 Å². The molecule has 152 valence electrons. The number of carboxylic acids is 1. The van der Waals surface area contributed by atoms with Crippen LogP contribution >= 0.6 is 0 Å². The van der Waals surface area contributed by atoms with Crippen molar-refractivity contribution in [3.05, 3.63) is 36.4 Å². The summed E-state index contributed by atoms with van der Waals surface area (Å²) in [6, 6.07) is 6.07. The maximum atomic E-state index is 12.8. The molecule has 0 unspecified atom stereocenters. The number of amides is 1. The van der Waals surface area contributed by atoms with Crippen LogP contribution in [0.5, 0.6) is 0 Å². The first-order valence-corrected chi connectivity index (χ1v) is 11.0. The molecule has 1 aromatic carbocycles. The normalized spacial score (nSPS) is 26.0. The lowest BCUT2D eigenvalue weighted by molar-refractivity contribution is -0.146. The molecular formula is C20H26N2O5S. The smallest absolute Gasteiger partial charge is 0.307 e. The zero-order chi connectivity index (χ0) is 20.3. The largest absolute Gasteiger partial charge is 0.481 e. The highest BCUT2D eigenvalue weighted by Gasteiger charge is 2.34. The Labute approximate surface area is 165 Å². The number of carboxylic acid groups (broad SMARTS) is 1. The van der Waals surface area contributed by atoms with E-state index in [1.165, 1.54) is 16.4 Å². The minimum atomic E-state index is -3.55. The fourth-order valence-corrected chi connectivity index (χ4v) is 5.43. The van der Waals surface area contributed by atoms with Gasteiger partial charge in [0.2, 0.25) is 15.9 Å². The highest BCUT2D eigenvalue weighted by molar-refractivity contribution is 7.89. The Morgan fingerprint density at radius 1 is 1.11 bits per heavy atom. The van der Waals surface area contributed by atoms with Crippen LogP contribution in [0, 0.1) is 17.8 Å². The quantitative estimate of drug-likeness (QED) is 0.732. The average Bonchev–Trinajstić information content (AvgIpc) is 2.68. The Balaban J connectivity index is 1.69. The van der Waals surface area contributed by atoms with Crippen LogP contribution in [0.15, 0.2) is 41.3 Å². The number of aliphatic carboxylic acids is 1. The fraction of sp³-hybridized carbons (Fsp3) is 0.500. The second-order valence-corrected chi connectivity index (χ2v) is 9.56. The fourth-order valence-electron chi connectivity index (χ4n) is 3.84. The molecule has 1 saturated heterocycles. The second kappa shape index (κ2) is 8.45. The van der Waals surface area contributed by atoms with Gasteiger partial charge in [-0.25, -0.2) is 8.42 Å². The molecule has 1 fully saturated rings. The maximum Gasteiger partial charge on any atom is 0.307 e. The van der Waals surface area contributed by atoms with Gasteiger partial charge in [0.15, 0.2) is 0 Å². The van der Waals surface area contributed by atoms with Crippen molar-refractivity contribution >= 4 is 27.6 Å². The number of benzene rings is 1. The summed E-state index contributed by atoms with van der Waals surface area (Å²) in [5.74, 6) is -2.39. The summed E-state index contributed by atoms with van der Waals surface area (Å²) >= 11 is 0. The van der Waals surface area contributed by atoms with Gasteiger partial charge in [-0.1, -0.05) is 19.1 Å². The zero-order valence-electron chi connectivity index (χ0n) is 15.9. The molecule has 0 saturated carbocycles. The number of anilines is 1. The van der Waals surface area contributed by atoms with Crippen LogP contribution in [-0.2, 0) is 19.6 Å². The van der Waals surface area contributed by atoms with Crippen LogP contribution in [-0.4, -0.2) is 42.8 Å². The number of nitrogens with zero attached hydrogens (tertiary/aromatic N) is 1. The van der Waals surface area contributed by atoms with Gasteiger partial charge in [-0.05, 0) is 55.9 Å². The standard InChI is InChI=1S/C20H26N2O5S/c1-14-5-4-12-22(13-14)28(26,27)16-10-8-15(9-11-16)21-19(23)17-6-2-3-7-18(17)20(24)25/h2-3,8-11,14,17-18H,4-7,12-13H2,1H3,(H,21,23)(H,24,25)/t14-,17-,18+/m1/s1. The summed E-state index contributed by atoms with van der Waals surface area (Å²) in [7, 11) is -3.55. The molecule has 1 aliphatic carbocycles. The topological polar surface area (TPSA) is 104 Å². The summed E-state index contributed by atoms with van der Waals surface area (Å²) in [5.41, 5.74) is 0.453. The number of carbonyl (C=O) groups excluding carboxylic acids is 1. The van der Waals surface area contributed by atoms with Crippen molar-refractivity contribution in [2.45, 2.75) is 37.5 Å². The number of carbonyl (C=O) groups is 2. The molecule has 1 heterocycles. The van der Waals surface area contributed by atoms with Crippen molar-refractivity contribution in [3.8, 4) is 0 Å². The van der Waals surface area contributed by atoms with Gasteiger partial charge in [0.1, 0.15) is 0 Å². The Hall–Kier alpha value is -2.19. The van der Waals surface area contributed by atoms with Crippen LogP contribution in [0.2, 0.25) is 0 Å². The molecule has 0 spiro atoms. The highest BCUT2D eigenvalue weighted by atomic mass is 32.2. The third-order valence-electron chi connectivity index (χ3n) is 5.47. The molecule has 1 aliphatic heterocycles. The summed E-state index contributed by atoms with van der Waals surface area (Å²) < 4.78 is 27.1. The molecule has 3 atom stereocenters. The third kappa shape index (κ3) is 4.44. The highest BCUT2D eigenvalue weighted by Crippen LogP contribution is 2.28. The van der Waals surface area contributed by atoms with Gasteiger partial charge < -0.3 is 10.4 Å². The average molecular weight is 407 g/mol. The number of hydrogen-bond acceptors (Lipinski definition) is 4. The molecular weight excluding hydrogens is 380 g/mol. The number of piperidine rings is 1. The van der Waals surface area contributed by atoms with Crippen LogP contribution in [0.1, 0.15) is 32.6 Å². The van der Waals surface area contributed by atoms with Crippen LogP contribution < -0.4 is 5.32 Å². The lowest BCUT2D eigenvalue weighted by atomic mass is 9.82. The van der Waals surface area contributed by atoms with Crippen LogP contribution in [0.25, 0.3) is 0 Å². The first-order valence-electron chi connectivity index (χ1n) is 9.58. The third-order valence-corrected chi connectivity index (χ3v) is 7.35. The van der Waals surface area contributed by atoms with E-state index in [0.29, 0.717) is 37.5 Å². The van der Waals surface area contributed by atoms with E-state index in [2.05, 4.69) is 5.32 Å². The van der Waals surface area contributed by atoms with Gasteiger partial charge in [0.05, 0.1) is 16.7 Å². The van der Waals surface area contributed by atoms with Gasteiger partial charge in [-0.2, -0.15) is 4.31 Å². The van der Waals surface area contributed by atoms with Crippen molar-refractivity contribution in [1.82, 2.24) is 4.31 Å². The van der Waals surface area contributed by atoms with Gasteiger partial charge in [-0.15, -0.1) is 0 Å². The van der Waals surface area contributed by atoms with E-state index in [1.807, 2.05) is 13.0 Å². The van der Waals surface area contributed by atoms with Gasteiger partial charge in [-0.3, -0.25) is 9.59 Å². The Bertz CT molecular complexity index is 863. The lowest BCUT2D eigenvalue weighted by Gasteiger charge is -2.30. The summed E-state index contributed by atoms with van der Waals surface area (Å²) in [4.78, 5) is 24.1. The van der Waals surface area contributed by atoms with Crippen LogP contribution in [0.4, 0.5) is 5.69 Å². The molecule has 7 nitrogen and oxygen atoms in total. The summed E-state index contributed by atoms with van der Waals surface area (Å²) in [5, 5.41) is 12.0. The van der Waals surface area contributed by atoms with Crippen molar-refractivity contribution in [2.24, 2.45) is 17.8 Å². The number of rotatable bonds is 5. The molecule has 28 heavy (non-hydrogen) atoms. The number of sulfonamides is 1. The molecule has 8 heteroatoms. The number of nitrogens with one attached hydrogen (secondary N) is 1. The van der Waals surface area contributed by atoms with E-state index in [0.717, 1.165) is 12.8 Å². The van der Waals surface area contributed by atoms with Crippen molar-refractivity contribution in [2.75, 3.05) is 18.4 Å². The molecule has 0 aromatic heterocycles. The Kier molecular flexibility index (Phi) is 6.20. The van der Waals surface area contributed by atoms with Crippen molar-refractivity contribution in [3.63, 3.8) is 0 Å². The zero-order valence-corrected chi connectivity index (χ0v) is 16.7. The predicted octanol–water partition coefficient (Wildman–Crippen LogP) is 2.71. The SMILES string of the molecule is C[C@@H]1CCCN(S(=O)(=O)c2ccc(NC(=O)[C@@H]3CC=CC[C@@H]3C(=O)O)cc2)C1. The monoisotopic (exact) mass is 406 g/mol. The van der Waals surface area contributed by atoms with Gasteiger partial charge in [0, 0.05) is 18.8 Å². The minimum Gasteiger partial charge on any atom is -0.481 e. The minimum absolute atomic E-state index is 0.198. The molecule has 2 aliphatic rings. The number of allylic oxidation sites excluding steroid dienone is 2. The van der Waals surface area contributed by atoms with Gasteiger partial charge >= 0.3 is 5.97 Å². The van der Waals surface area contributed by atoms with Crippen molar-refractivity contribution < 1.29 is 23.1 Å². The van der Waals surface area contributed by atoms with E-state index in [4.69, 9.17) is 0 Å². The maximum absolute atomic E-state index is 12.8. The lowest BCUT2D eigenvalue weighted by Crippen LogP contribution is -2.39. The molecule has 0 bridgehead atoms. The molecule has 3 rings (SSSR count). The van der Waals surface area contributed by atoms with Gasteiger partial charge in [0.25, 0.3) is 0 Å². The van der Waals surface area contributed by atoms with E-state index >= 15 is 0 Å². The van der Waals surface area contributed by atoms with E-state index in [1.54, 1.807) is 18.2 Å². The van der Waals surface area contributed by atoms with Crippen molar-refractivity contribution in [1.29, 1.82) is 0 Å². The molecule has 0 radical (unpaired) electrons. The second-order valence-electron chi connectivity index (χ2n) is 7.62. The molecule has 1 amide bonds. The molecule has 1 aromatic rings. The first kappa shape index (κ1) is 20.5.